The molecule has 0 aliphatic carbocycles. The first-order valence-corrected chi connectivity index (χ1v) is 9.54. The molecule has 0 bridgehead atoms. The summed E-state index contributed by atoms with van der Waals surface area (Å²) < 4.78 is 0.818. The van der Waals surface area contributed by atoms with Crippen LogP contribution in [0.15, 0.2) is 30.3 Å². The van der Waals surface area contributed by atoms with Crippen molar-refractivity contribution >= 4 is 73.5 Å². The van der Waals surface area contributed by atoms with E-state index in [0.29, 0.717) is 26.2 Å². The second-order valence-corrected chi connectivity index (χ2v) is 8.05. The number of amides is 1. The van der Waals surface area contributed by atoms with Crippen LogP contribution in [0.1, 0.15) is 20.8 Å². The minimum Gasteiger partial charge on any atom is -0.505 e. The van der Waals surface area contributed by atoms with Crippen molar-refractivity contribution in [3.05, 3.63) is 56.4 Å². The van der Waals surface area contributed by atoms with E-state index in [4.69, 9.17) is 35.4 Å². The molecule has 0 atom stereocenters. The number of hydrogen-bond acceptors (Lipinski definition) is 4. The van der Waals surface area contributed by atoms with Crippen molar-refractivity contribution in [1.29, 1.82) is 0 Å². The smallest absolute Gasteiger partial charge is 0.269 e. The zero-order valence-corrected chi connectivity index (χ0v) is 17.0. The quantitative estimate of drug-likeness (QED) is 0.366. The molecule has 0 saturated carbocycles. The van der Waals surface area contributed by atoms with Gasteiger partial charge in [-0.15, -0.1) is 11.3 Å². The minimum atomic E-state index is -0.423. The monoisotopic (exact) mass is 424 g/mol. The number of hydrogen-bond donors (Lipinski definition) is 3. The maximum Gasteiger partial charge on any atom is 0.269 e. The lowest BCUT2D eigenvalue weighted by molar-refractivity contribution is 0.0982. The third-order valence-electron chi connectivity index (χ3n) is 3.72. The summed E-state index contributed by atoms with van der Waals surface area (Å²) in [6.07, 6.45) is 0. The molecule has 0 fully saturated rings. The molecule has 3 N–H and O–H groups in total. The molecule has 0 aliphatic heterocycles. The third kappa shape index (κ3) is 3.78. The van der Waals surface area contributed by atoms with Crippen LogP contribution >= 0.6 is 46.8 Å². The highest BCUT2D eigenvalue weighted by atomic mass is 35.5. The van der Waals surface area contributed by atoms with Crippen molar-refractivity contribution in [2.45, 2.75) is 13.8 Å². The molecular weight excluding hydrogens is 411 g/mol. The topological polar surface area (TPSA) is 61.4 Å². The summed E-state index contributed by atoms with van der Waals surface area (Å²) in [6, 6.07) is 8.85. The molecule has 26 heavy (non-hydrogen) atoms. The number of fused-ring (bicyclic) bond motifs is 1. The van der Waals surface area contributed by atoms with Gasteiger partial charge in [0.2, 0.25) is 0 Å². The lowest BCUT2D eigenvalue weighted by Gasteiger charge is -2.13. The Morgan fingerprint density at radius 1 is 1.19 bits per heavy atom. The van der Waals surface area contributed by atoms with E-state index < -0.39 is 5.91 Å². The van der Waals surface area contributed by atoms with Gasteiger partial charge in [-0.3, -0.25) is 10.1 Å². The first-order valence-electron chi connectivity index (χ1n) is 7.56. The Kier molecular flexibility index (Phi) is 5.39. The Hall–Kier alpha value is -1.86. The maximum atomic E-state index is 12.5. The molecular formula is C18H14Cl2N2O2S2. The summed E-state index contributed by atoms with van der Waals surface area (Å²) in [6.45, 7) is 3.69. The molecule has 3 rings (SSSR count). The highest BCUT2D eigenvalue weighted by Gasteiger charge is 2.19. The number of thiocarbonyl (C=S) groups is 1. The molecule has 1 amide bonds. The number of phenolic OH excluding ortho intramolecular Hbond substituents is 1. The standard InChI is InChI=1S/C18H14Cl2N2O2S2/c1-8-5-9(2)15(23)12(6-8)21-18(25)22-17(24)16-14(20)11-4-3-10(19)7-13(11)26-16/h3-7,23H,1-2H3,(H2,21,22,24,25). The molecule has 0 aliphatic rings. The van der Waals surface area contributed by atoms with Crippen molar-refractivity contribution in [2.75, 3.05) is 5.32 Å². The number of carbonyl (C=O) groups excluding carboxylic acids is 1. The highest BCUT2D eigenvalue weighted by Crippen LogP contribution is 2.36. The van der Waals surface area contributed by atoms with Gasteiger partial charge in [0, 0.05) is 15.1 Å². The van der Waals surface area contributed by atoms with Crippen molar-refractivity contribution in [1.82, 2.24) is 5.32 Å². The van der Waals surface area contributed by atoms with Gasteiger partial charge in [-0.1, -0.05) is 35.3 Å². The minimum absolute atomic E-state index is 0.0712. The zero-order chi connectivity index (χ0) is 19.0. The van der Waals surface area contributed by atoms with Gasteiger partial charge in [-0.25, -0.2) is 0 Å². The number of phenols is 1. The van der Waals surface area contributed by atoms with Crippen LogP contribution in [-0.4, -0.2) is 16.1 Å². The second kappa shape index (κ2) is 7.40. The van der Waals surface area contributed by atoms with Gasteiger partial charge in [0.15, 0.2) is 5.11 Å². The number of nitrogens with one attached hydrogen (secondary N) is 2. The number of carbonyl (C=O) groups is 1. The lowest BCUT2D eigenvalue weighted by Crippen LogP contribution is -2.33. The average Bonchev–Trinajstić information content (AvgIpc) is 2.88. The number of thiophene rings is 1. The number of aryl methyl sites for hydroxylation is 2. The second-order valence-electron chi connectivity index (χ2n) is 5.77. The molecule has 0 radical (unpaired) electrons. The Balaban J connectivity index is 1.80. The fraction of sp³-hybridized carbons (Fsp3) is 0.111. The van der Waals surface area contributed by atoms with Gasteiger partial charge in [-0.2, -0.15) is 0 Å². The van der Waals surface area contributed by atoms with E-state index in [1.54, 1.807) is 31.2 Å². The van der Waals surface area contributed by atoms with Crippen LogP contribution in [0.5, 0.6) is 5.75 Å². The van der Waals surface area contributed by atoms with E-state index in [2.05, 4.69) is 10.6 Å². The van der Waals surface area contributed by atoms with E-state index in [-0.39, 0.29) is 10.9 Å². The number of benzene rings is 2. The summed E-state index contributed by atoms with van der Waals surface area (Å²) in [5.74, 6) is -0.338. The molecule has 2 aromatic carbocycles. The summed E-state index contributed by atoms with van der Waals surface area (Å²) in [5, 5.41) is 17.3. The molecule has 134 valence electrons. The third-order valence-corrected chi connectivity index (χ3v) is 5.81. The first-order chi connectivity index (χ1) is 12.3. The molecule has 0 saturated heterocycles. The summed E-state index contributed by atoms with van der Waals surface area (Å²) in [5.41, 5.74) is 2.11. The van der Waals surface area contributed by atoms with Crippen molar-refractivity contribution < 1.29 is 9.90 Å². The van der Waals surface area contributed by atoms with Crippen LogP contribution in [-0.2, 0) is 0 Å². The van der Waals surface area contributed by atoms with Gasteiger partial charge in [0.05, 0.1) is 10.7 Å². The van der Waals surface area contributed by atoms with Crippen LogP contribution in [0.25, 0.3) is 10.1 Å². The Labute approximate surface area is 169 Å². The molecule has 0 unspecified atom stereocenters. The molecule has 3 aromatic rings. The molecule has 1 heterocycles. The average molecular weight is 425 g/mol. The van der Waals surface area contributed by atoms with Gasteiger partial charge in [0.1, 0.15) is 10.6 Å². The lowest BCUT2D eigenvalue weighted by atomic mass is 10.1. The van der Waals surface area contributed by atoms with Crippen molar-refractivity contribution in [3.63, 3.8) is 0 Å². The van der Waals surface area contributed by atoms with E-state index in [0.717, 1.165) is 15.6 Å². The van der Waals surface area contributed by atoms with Crippen LogP contribution in [0.2, 0.25) is 10.0 Å². The SMILES string of the molecule is Cc1cc(C)c(O)c(NC(=S)NC(=O)c2sc3cc(Cl)ccc3c2Cl)c1. The summed E-state index contributed by atoms with van der Waals surface area (Å²) in [4.78, 5) is 12.9. The Morgan fingerprint density at radius 2 is 1.92 bits per heavy atom. The number of rotatable bonds is 2. The number of halogens is 2. The van der Waals surface area contributed by atoms with Crippen LogP contribution in [0.4, 0.5) is 5.69 Å². The summed E-state index contributed by atoms with van der Waals surface area (Å²) >= 11 is 18.7. The number of anilines is 1. The molecule has 8 heteroatoms. The Bertz CT molecular complexity index is 1050. The highest BCUT2D eigenvalue weighted by molar-refractivity contribution is 7.80. The van der Waals surface area contributed by atoms with E-state index in [9.17, 15) is 9.90 Å². The molecule has 1 aromatic heterocycles. The zero-order valence-electron chi connectivity index (χ0n) is 13.8. The molecule has 4 nitrogen and oxygen atoms in total. The van der Waals surface area contributed by atoms with Gasteiger partial charge in [-0.05, 0) is 55.4 Å². The fourth-order valence-corrected chi connectivity index (χ4v) is 4.44. The maximum absolute atomic E-state index is 12.5. The van der Waals surface area contributed by atoms with E-state index in [1.165, 1.54) is 11.3 Å². The van der Waals surface area contributed by atoms with Crippen LogP contribution in [0.3, 0.4) is 0 Å². The fourth-order valence-electron chi connectivity index (χ4n) is 2.55. The van der Waals surface area contributed by atoms with E-state index >= 15 is 0 Å². The predicted molar refractivity (Wildman–Crippen MR) is 113 cm³/mol. The molecule has 0 spiro atoms. The van der Waals surface area contributed by atoms with E-state index in [1.807, 2.05) is 13.0 Å². The largest absolute Gasteiger partial charge is 0.505 e. The van der Waals surface area contributed by atoms with Gasteiger partial charge in [0.25, 0.3) is 5.91 Å². The van der Waals surface area contributed by atoms with Gasteiger partial charge < -0.3 is 10.4 Å². The van der Waals surface area contributed by atoms with Gasteiger partial charge >= 0.3 is 0 Å². The summed E-state index contributed by atoms with van der Waals surface area (Å²) in [7, 11) is 0. The number of aromatic hydroxyl groups is 1. The van der Waals surface area contributed by atoms with Crippen molar-refractivity contribution in [3.8, 4) is 5.75 Å². The normalized spacial score (nSPS) is 10.8. The first kappa shape index (κ1) is 18.9. The Morgan fingerprint density at radius 3 is 2.65 bits per heavy atom. The van der Waals surface area contributed by atoms with Crippen LogP contribution < -0.4 is 10.6 Å². The predicted octanol–water partition coefficient (Wildman–Crippen LogP) is 5.66. The van der Waals surface area contributed by atoms with Crippen LogP contribution in [0, 0.1) is 13.8 Å². The van der Waals surface area contributed by atoms with Crippen molar-refractivity contribution in [2.24, 2.45) is 0 Å².